The van der Waals surface area contributed by atoms with Crippen LogP contribution in [0.4, 0.5) is 5.69 Å². The maximum Gasteiger partial charge on any atom is 0.108 e. The second-order valence-electron chi connectivity index (χ2n) is 12.9. The van der Waals surface area contributed by atoms with E-state index in [-0.39, 0.29) is 6.10 Å². The van der Waals surface area contributed by atoms with Crippen molar-refractivity contribution in [1.82, 2.24) is 0 Å². The highest BCUT2D eigenvalue weighted by Crippen LogP contribution is 2.25. The Hall–Kier alpha value is -2.49. The molecule has 3 aromatic rings. The molecular weight excluding hydrogens is 615 g/mol. The summed E-state index contributed by atoms with van der Waals surface area (Å²) >= 11 is 4.25. The lowest BCUT2D eigenvalue weighted by atomic mass is 10.0. The van der Waals surface area contributed by atoms with E-state index >= 15 is 0 Å². The summed E-state index contributed by atoms with van der Waals surface area (Å²) in [5.41, 5.74) is 6.18. The first-order valence-electron chi connectivity index (χ1n) is 19.9. The van der Waals surface area contributed by atoms with Gasteiger partial charge in [-0.15, -0.1) is 0 Å². The van der Waals surface area contributed by atoms with Crippen LogP contribution in [0.15, 0.2) is 97.2 Å². The van der Waals surface area contributed by atoms with Crippen molar-refractivity contribution in [3.63, 3.8) is 0 Å². The summed E-state index contributed by atoms with van der Waals surface area (Å²) in [6.45, 7) is 18.1. The number of thiol groups is 1. The van der Waals surface area contributed by atoms with Crippen LogP contribution in [-0.2, 0) is 11.2 Å². The number of benzene rings is 3. The third-order valence-corrected chi connectivity index (χ3v) is 8.49. The summed E-state index contributed by atoms with van der Waals surface area (Å²) in [6, 6.07) is 29.6. The molecule has 3 heteroatoms. The Kier molecular flexibility index (Phi) is 33.5. The molecule has 3 aromatic carbocycles. The van der Waals surface area contributed by atoms with Gasteiger partial charge in [0.25, 0.3) is 0 Å². The third kappa shape index (κ3) is 27.0. The first-order chi connectivity index (χ1) is 24.0. The number of nitrogens with one attached hydrogen (secondary N) is 1. The fourth-order valence-electron chi connectivity index (χ4n) is 4.79. The molecule has 0 spiro atoms. The highest BCUT2D eigenvalue weighted by Gasteiger charge is 2.13. The van der Waals surface area contributed by atoms with Gasteiger partial charge in [-0.2, -0.15) is 12.6 Å². The minimum absolute atomic E-state index is 0.0531. The molecule has 0 amide bonds. The van der Waals surface area contributed by atoms with Crippen molar-refractivity contribution in [3.05, 3.63) is 114 Å². The molecule has 276 valence electrons. The van der Waals surface area contributed by atoms with Gasteiger partial charge in [-0.25, -0.2) is 0 Å². The third-order valence-electron chi connectivity index (χ3n) is 8.17. The average Bonchev–Trinajstić information content (AvgIpc) is 3.15. The van der Waals surface area contributed by atoms with E-state index in [0.29, 0.717) is 0 Å². The summed E-state index contributed by atoms with van der Waals surface area (Å²) in [7, 11) is 0. The molecule has 0 atom stereocenters. The van der Waals surface area contributed by atoms with Crippen LogP contribution in [0.3, 0.4) is 0 Å². The van der Waals surface area contributed by atoms with Gasteiger partial charge in [-0.05, 0) is 73.1 Å². The zero-order valence-electron chi connectivity index (χ0n) is 32.7. The summed E-state index contributed by atoms with van der Waals surface area (Å²) in [5.74, 6) is 1.04. The molecule has 0 heterocycles. The van der Waals surface area contributed by atoms with Gasteiger partial charge < -0.3 is 10.1 Å². The van der Waals surface area contributed by atoms with Crippen LogP contribution in [0, 0.1) is 0 Å². The average molecular weight is 690 g/mol. The number of rotatable bonds is 22. The number of aryl methyl sites for hydroxylation is 1. The normalized spacial score (nSPS) is 10.2. The van der Waals surface area contributed by atoms with Crippen LogP contribution in [-0.4, -0.2) is 12.4 Å². The minimum atomic E-state index is 0.0531. The minimum Gasteiger partial charge on any atom is -0.369 e. The second-order valence-corrected chi connectivity index (χ2v) is 13.4. The van der Waals surface area contributed by atoms with Crippen molar-refractivity contribution in [2.45, 2.75) is 157 Å². The number of unbranched alkanes of at least 4 members (excludes halogenated alkanes) is 10. The zero-order valence-corrected chi connectivity index (χ0v) is 33.6. The fourth-order valence-corrected chi connectivity index (χ4v) is 5.01. The van der Waals surface area contributed by atoms with E-state index in [1.807, 2.05) is 12.1 Å². The van der Waals surface area contributed by atoms with Gasteiger partial charge in [0.2, 0.25) is 0 Å². The molecular formula is C46H75NOS. The first kappa shape index (κ1) is 46.5. The van der Waals surface area contributed by atoms with Crippen LogP contribution in [0.2, 0.25) is 0 Å². The van der Waals surface area contributed by atoms with E-state index in [1.165, 1.54) is 119 Å². The summed E-state index contributed by atoms with van der Waals surface area (Å²) in [6.07, 6.45) is 21.9. The van der Waals surface area contributed by atoms with Gasteiger partial charge >= 0.3 is 0 Å². The number of anilines is 1. The van der Waals surface area contributed by atoms with Crippen molar-refractivity contribution in [3.8, 4) is 0 Å². The van der Waals surface area contributed by atoms with E-state index in [1.54, 1.807) is 0 Å². The molecule has 3 rings (SSSR count). The van der Waals surface area contributed by atoms with Gasteiger partial charge in [-0.3, -0.25) is 0 Å². The predicted molar refractivity (Wildman–Crippen MR) is 225 cm³/mol. The van der Waals surface area contributed by atoms with Crippen LogP contribution in [0.25, 0.3) is 0 Å². The van der Waals surface area contributed by atoms with Crippen molar-refractivity contribution in [2.75, 3.05) is 17.7 Å². The van der Waals surface area contributed by atoms with Crippen LogP contribution >= 0.6 is 12.6 Å². The Labute approximate surface area is 310 Å². The molecule has 2 nitrogen and oxygen atoms in total. The molecule has 0 saturated heterocycles. The molecule has 0 aliphatic carbocycles. The lowest BCUT2D eigenvalue weighted by Crippen LogP contribution is -2.06. The molecule has 0 aromatic heterocycles. The molecule has 0 aliphatic rings. The van der Waals surface area contributed by atoms with Gasteiger partial charge in [0.15, 0.2) is 0 Å². The topological polar surface area (TPSA) is 21.3 Å². The van der Waals surface area contributed by atoms with Crippen molar-refractivity contribution in [2.24, 2.45) is 0 Å². The fraction of sp³-hybridized carbons (Fsp3) is 0.565. The molecule has 0 radical (unpaired) electrons. The summed E-state index contributed by atoms with van der Waals surface area (Å²) in [5, 5.41) is 3.45. The van der Waals surface area contributed by atoms with Crippen LogP contribution in [0.1, 0.15) is 167 Å². The number of allylic oxidation sites excluding steroid dienone is 1. The number of hydrogen-bond acceptors (Lipinski definition) is 3. The maximum atomic E-state index is 5.96. The Bertz CT molecular complexity index is 1040. The van der Waals surface area contributed by atoms with Crippen LogP contribution in [0.5, 0.6) is 0 Å². The van der Waals surface area contributed by atoms with E-state index in [4.69, 9.17) is 4.74 Å². The Morgan fingerprint density at radius 1 is 0.571 bits per heavy atom. The smallest absolute Gasteiger partial charge is 0.108 e. The summed E-state index contributed by atoms with van der Waals surface area (Å²) < 4.78 is 5.96. The molecule has 1 N–H and O–H groups in total. The van der Waals surface area contributed by atoms with E-state index in [2.05, 4.69) is 139 Å². The Morgan fingerprint density at radius 3 is 1.47 bits per heavy atom. The number of hydrogen-bond donors (Lipinski definition) is 2. The highest BCUT2D eigenvalue weighted by molar-refractivity contribution is 7.80. The van der Waals surface area contributed by atoms with E-state index in [0.717, 1.165) is 30.9 Å². The molecule has 0 saturated carbocycles. The van der Waals surface area contributed by atoms with Gasteiger partial charge in [0, 0.05) is 18.0 Å². The van der Waals surface area contributed by atoms with Crippen LogP contribution < -0.4 is 5.32 Å². The lowest BCUT2D eigenvalue weighted by Gasteiger charge is -2.18. The van der Waals surface area contributed by atoms with Crippen molar-refractivity contribution < 1.29 is 4.74 Å². The maximum absolute atomic E-state index is 5.96. The van der Waals surface area contributed by atoms with Gasteiger partial charge in [0.1, 0.15) is 6.10 Å². The first-order valence-corrected chi connectivity index (χ1v) is 20.5. The van der Waals surface area contributed by atoms with Crippen molar-refractivity contribution >= 4 is 18.3 Å². The van der Waals surface area contributed by atoms with Crippen molar-refractivity contribution in [1.29, 1.82) is 0 Å². The largest absolute Gasteiger partial charge is 0.369 e. The van der Waals surface area contributed by atoms with E-state index in [9.17, 15) is 0 Å². The zero-order chi connectivity index (χ0) is 36.2. The Balaban J connectivity index is 0.000000795. The predicted octanol–water partition coefficient (Wildman–Crippen LogP) is 15.2. The SMILES string of the molecule is C=C(CCCCCCCCCCS)Nc1ccc(CCCC)cc1.CCCC.CCCC.CCCOC(c1ccccc1)c1ccccc1. The van der Waals surface area contributed by atoms with E-state index < -0.39 is 0 Å². The molecule has 0 fully saturated rings. The lowest BCUT2D eigenvalue weighted by molar-refractivity contribution is 0.0806. The molecule has 0 aliphatic heterocycles. The molecule has 0 unspecified atom stereocenters. The quantitative estimate of drug-likeness (QED) is 0.0809. The highest BCUT2D eigenvalue weighted by atomic mass is 32.1. The standard InChI is InChI=1S/C22H37NS.C16H18O.2C4H10/c1-3-4-14-21-15-17-22(18-16-21)23-20(2)13-11-9-7-5-6-8-10-12-19-24;1-2-13-17-16(14-9-5-3-6-10-14)15-11-7-4-8-12-15;2*1-3-4-2/h15-18,23-24H,2-14,19H2,1H3;3-12,16H,2,13H2,1H3;2*3-4H2,1-2H3. The molecule has 0 bridgehead atoms. The van der Waals surface area contributed by atoms with Gasteiger partial charge in [-0.1, -0.05) is 192 Å². The monoisotopic (exact) mass is 690 g/mol. The number of ether oxygens (including phenoxy) is 1. The second kappa shape index (κ2) is 35.3. The molecule has 49 heavy (non-hydrogen) atoms. The Morgan fingerprint density at radius 2 is 1.04 bits per heavy atom. The summed E-state index contributed by atoms with van der Waals surface area (Å²) in [4.78, 5) is 0. The van der Waals surface area contributed by atoms with Gasteiger partial charge in [0.05, 0.1) is 0 Å².